The maximum absolute atomic E-state index is 10.2. The molecule has 0 amide bonds. The second-order valence-electron chi connectivity index (χ2n) is 5.47. The maximum Gasteiger partial charge on any atom is 0.127 e. The van der Waals surface area contributed by atoms with E-state index in [2.05, 4.69) is 13.8 Å². The third-order valence-corrected chi connectivity index (χ3v) is 3.24. The molecule has 2 aromatic carbocycles. The van der Waals surface area contributed by atoms with Crippen molar-refractivity contribution >= 4 is 0 Å². The van der Waals surface area contributed by atoms with Gasteiger partial charge < -0.3 is 9.84 Å². The lowest BCUT2D eigenvalue weighted by molar-refractivity contribution is 0.159. The number of rotatable bonds is 6. The summed E-state index contributed by atoms with van der Waals surface area (Å²) in [6, 6.07) is 17.4. The Hall–Kier alpha value is -1.80. The molecule has 1 atom stereocenters. The van der Waals surface area contributed by atoms with Crippen molar-refractivity contribution in [3.8, 4) is 11.5 Å². The third kappa shape index (κ3) is 4.39. The van der Waals surface area contributed by atoms with Crippen LogP contribution in [0.15, 0.2) is 54.6 Å². The van der Waals surface area contributed by atoms with Crippen molar-refractivity contribution in [2.75, 3.05) is 0 Å². The largest absolute Gasteiger partial charge is 0.457 e. The molecule has 2 heteroatoms. The van der Waals surface area contributed by atoms with Crippen LogP contribution in [-0.4, -0.2) is 5.11 Å². The van der Waals surface area contributed by atoms with Crippen LogP contribution in [0.3, 0.4) is 0 Å². The van der Waals surface area contributed by atoms with Crippen LogP contribution in [0.4, 0.5) is 0 Å². The second kappa shape index (κ2) is 7.11. The number of hydrogen-bond donors (Lipinski definition) is 1. The molecule has 0 aliphatic rings. The normalized spacial score (nSPS) is 12.4. The zero-order valence-electron chi connectivity index (χ0n) is 12.1. The molecule has 0 saturated carbocycles. The predicted octanol–water partition coefficient (Wildman–Crippen LogP) is 4.95. The highest BCUT2D eigenvalue weighted by molar-refractivity contribution is 5.34. The van der Waals surface area contributed by atoms with E-state index in [-0.39, 0.29) is 0 Å². The van der Waals surface area contributed by atoms with Crippen molar-refractivity contribution in [1.82, 2.24) is 0 Å². The van der Waals surface area contributed by atoms with Gasteiger partial charge in [-0.05, 0) is 48.6 Å². The molecular weight excluding hydrogens is 248 g/mol. The van der Waals surface area contributed by atoms with Gasteiger partial charge in [0.2, 0.25) is 0 Å². The van der Waals surface area contributed by atoms with Crippen LogP contribution in [0.25, 0.3) is 0 Å². The number of hydrogen-bond acceptors (Lipinski definition) is 2. The summed E-state index contributed by atoms with van der Waals surface area (Å²) in [6.07, 6.45) is 1.38. The van der Waals surface area contributed by atoms with Crippen molar-refractivity contribution in [2.24, 2.45) is 5.92 Å². The quantitative estimate of drug-likeness (QED) is 0.804. The summed E-state index contributed by atoms with van der Waals surface area (Å²) in [5.74, 6) is 2.17. The van der Waals surface area contributed by atoms with Gasteiger partial charge in [0.25, 0.3) is 0 Å². The van der Waals surface area contributed by atoms with Gasteiger partial charge in [0, 0.05) is 0 Å². The Bertz CT molecular complexity index is 520. The zero-order chi connectivity index (χ0) is 14.4. The van der Waals surface area contributed by atoms with Gasteiger partial charge >= 0.3 is 0 Å². The topological polar surface area (TPSA) is 29.5 Å². The zero-order valence-corrected chi connectivity index (χ0v) is 12.1. The van der Waals surface area contributed by atoms with Gasteiger partial charge in [0.15, 0.2) is 0 Å². The molecule has 2 rings (SSSR count). The fourth-order valence-corrected chi connectivity index (χ4v) is 2.07. The number of para-hydroxylation sites is 1. The van der Waals surface area contributed by atoms with Gasteiger partial charge in [-0.2, -0.15) is 0 Å². The van der Waals surface area contributed by atoms with E-state index in [9.17, 15) is 5.11 Å². The van der Waals surface area contributed by atoms with E-state index in [1.807, 2.05) is 54.6 Å². The number of ether oxygens (including phenoxy) is 1. The first-order chi connectivity index (χ1) is 9.65. The Kier molecular flexibility index (Phi) is 5.19. The summed E-state index contributed by atoms with van der Waals surface area (Å²) in [6.45, 7) is 4.34. The van der Waals surface area contributed by atoms with E-state index in [4.69, 9.17) is 4.74 Å². The number of aliphatic hydroxyl groups excluding tert-OH is 1. The molecule has 20 heavy (non-hydrogen) atoms. The van der Waals surface area contributed by atoms with Gasteiger partial charge in [-0.15, -0.1) is 0 Å². The molecule has 0 fully saturated rings. The molecule has 0 aliphatic heterocycles. The molecule has 2 nitrogen and oxygen atoms in total. The van der Waals surface area contributed by atoms with Crippen LogP contribution >= 0.6 is 0 Å². The molecule has 0 aromatic heterocycles. The van der Waals surface area contributed by atoms with E-state index in [0.29, 0.717) is 5.92 Å². The van der Waals surface area contributed by atoms with Gasteiger partial charge in [-0.25, -0.2) is 0 Å². The summed E-state index contributed by atoms with van der Waals surface area (Å²) >= 11 is 0. The highest BCUT2D eigenvalue weighted by Gasteiger charge is 2.09. The Labute approximate surface area is 121 Å². The van der Waals surface area contributed by atoms with Crippen molar-refractivity contribution in [2.45, 2.75) is 32.8 Å². The van der Waals surface area contributed by atoms with E-state index >= 15 is 0 Å². The van der Waals surface area contributed by atoms with E-state index in [0.717, 1.165) is 29.9 Å². The standard InChI is InChI=1S/C18H22O2/c1-14(2)11-12-18(19)15-7-6-10-17(13-15)20-16-8-4-3-5-9-16/h3-10,13-14,18-19H,11-12H2,1-2H3. The molecule has 1 unspecified atom stereocenters. The molecule has 0 spiro atoms. The Morgan fingerprint density at radius 2 is 1.60 bits per heavy atom. The summed E-state index contributed by atoms with van der Waals surface area (Å²) in [7, 11) is 0. The number of benzene rings is 2. The van der Waals surface area contributed by atoms with Crippen molar-refractivity contribution in [3.63, 3.8) is 0 Å². The minimum atomic E-state index is -0.420. The lowest BCUT2D eigenvalue weighted by Gasteiger charge is -2.14. The molecular formula is C18H22O2. The predicted molar refractivity (Wildman–Crippen MR) is 82.0 cm³/mol. The monoisotopic (exact) mass is 270 g/mol. The first kappa shape index (κ1) is 14.6. The summed E-state index contributed by atoms with van der Waals surface area (Å²) < 4.78 is 5.78. The summed E-state index contributed by atoms with van der Waals surface area (Å²) in [5.41, 5.74) is 0.916. The highest BCUT2D eigenvalue weighted by Crippen LogP contribution is 2.27. The van der Waals surface area contributed by atoms with Crippen LogP contribution in [0.1, 0.15) is 38.4 Å². The molecule has 106 valence electrons. The van der Waals surface area contributed by atoms with Crippen molar-refractivity contribution in [1.29, 1.82) is 0 Å². The van der Waals surface area contributed by atoms with Crippen LogP contribution < -0.4 is 4.74 Å². The minimum Gasteiger partial charge on any atom is -0.457 e. The second-order valence-corrected chi connectivity index (χ2v) is 5.47. The SMILES string of the molecule is CC(C)CCC(O)c1cccc(Oc2ccccc2)c1. The van der Waals surface area contributed by atoms with Gasteiger partial charge in [0.1, 0.15) is 11.5 Å². The lowest BCUT2D eigenvalue weighted by atomic mass is 10.00. The van der Waals surface area contributed by atoms with Gasteiger partial charge in [-0.1, -0.05) is 44.2 Å². The Balaban J connectivity index is 2.04. The summed E-state index contributed by atoms with van der Waals surface area (Å²) in [5, 5.41) is 10.2. The molecule has 0 radical (unpaired) electrons. The first-order valence-electron chi connectivity index (χ1n) is 7.16. The average Bonchev–Trinajstić information content (AvgIpc) is 2.46. The molecule has 0 heterocycles. The van der Waals surface area contributed by atoms with Crippen LogP contribution in [-0.2, 0) is 0 Å². The van der Waals surface area contributed by atoms with Crippen LogP contribution in [0.5, 0.6) is 11.5 Å². The fraction of sp³-hybridized carbons (Fsp3) is 0.333. The Morgan fingerprint density at radius 3 is 2.30 bits per heavy atom. The van der Waals surface area contributed by atoms with Crippen molar-refractivity contribution < 1.29 is 9.84 Å². The molecule has 1 N–H and O–H groups in total. The lowest BCUT2D eigenvalue weighted by Crippen LogP contribution is -2.00. The molecule has 0 aliphatic carbocycles. The van der Waals surface area contributed by atoms with Crippen molar-refractivity contribution in [3.05, 3.63) is 60.2 Å². The third-order valence-electron chi connectivity index (χ3n) is 3.24. The Morgan fingerprint density at radius 1 is 0.900 bits per heavy atom. The first-order valence-corrected chi connectivity index (χ1v) is 7.16. The van der Waals surface area contributed by atoms with Gasteiger partial charge in [0.05, 0.1) is 6.10 Å². The average molecular weight is 270 g/mol. The minimum absolute atomic E-state index is 0.420. The molecule has 2 aromatic rings. The van der Waals surface area contributed by atoms with Crippen LogP contribution in [0.2, 0.25) is 0 Å². The number of aliphatic hydroxyl groups is 1. The summed E-state index contributed by atoms with van der Waals surface area (Å²) in [4.78, 5) is 0. The highest BCUT2D eigenvalue weighted by atomic mass is 16.5. The van der Waals surface area contributed by atoms with Gasteiger partial charge in [-0.3, -0.25) is 0 Å². The molecule has 0 bridgehead atoms. The van der Waals surface area contributed by atoms with E-state index in [1.165, 1.54) is 0 Å². The van der Waals surface area contributed by atoms with E-state index < -0.39 is 6.10 Å². The van der Waals surface area contributed by atoms with Crippen LogP contribution in [0, 0.1) is 5.92 Å². The van der Waals surface area contributed by atoms with E-state index in [1.54, 1.807) is 0 Å². The smallest absolute Gasteiger partial charge is 0.127 e. The molecule has 0 saturated heterocycles. The fourth-order valence-electron chi connectivity index (χ4n) is 2.07. The maximum atomic E-state index is 10.2.